The van der Waals surface area contributed by atoms with Crippen LogP contribution < -0.4 is 0 Å². The zero-order chi connectivity index (χ0) is 12.4. The third-order valence-corrected chi connectivity index (χ3v) is 2.72. The smallest absolute Gasteiger partial charge is 0.276 e. The Balaban J connectivity index is 2.07. The maximum atomic E-state index is 5.23. The van der Waals surface area contributed by atoms with Crippen LogP contribution in [0.4, 0.5) is 0 Å². The van der Waals surface area contributed by atoms with Crippen LogP contribution in [0.5, 0.6) is 0 Å². The molecule has 3 rings (SSSR count). The lowest BCUT2D eigenvalue weighted by Gasteiger charge is -1.98. The molecule has 0 saturated heterocycles. The van der Waals surface area contributed by atoms with E-state index in [-0.39, 0.29) is 0 Å². The number of aromatic amines is 1. The molecule has 2 aromatic heterocycles. The van der Waals surface area contributed by atoms with Gasteiger partial charge < -0.3 is 4.52 Å². The van der Waals surface area contributed by atoms with Crippen molar-refractivity contribution in [2.75, 3.05) is 0 Å². The van der Waals surface area contributed by atoms with Crippen LogP contribution in [0.25, 0.3) is 22.7 Å². The number of rotatable bonds is 3. The van der Waals surface area contributed by atoms with E-state index in [2.05, 4.69) is 20.3 Å². The molecule has 0 atom stereocenters. The van der Waals surface area contributed by atoms with Crippen LogP contribution in [-0.4, -0.2) is 20.3 Å². The zero-order valence-electron chi connectivity index (χ0n) is 9.92. The van der Waals surface area contributed by atoms with Gasteiger partial charge in [0.25, 0.3) is 5.89 Å². The maximum absolute atomic E-state index is 5.23. The van der Waals surface area contributed by atoms with E-state index in [0.717, 1.165) is 23.2 Å². The number of aromatic nitrogens is 4. The Morgan fingerprint density at radius 2 is 2.06 bits per heavy atom. The first-order valence-corrected chi connectivity index (χ1v) is 5.80. The first kappa shape index (κ1) is 10.7. The summed E-state index contributed by atoms with van der Waals surface area (Å²) in [5.74, 6) is 1.17. The molecule has 18 heavy (non-hydrogen) atoms. The van der Waals surface area contributed by atoms with Crippen LogP contribution >= 0.6 is 0 Å². The minimum absolute atomic E-state index is 0.475. The first-order valence-electron chi connectivity index (χ1n) is 5.80. The number of aryl methyl sites for hydroxylation is 1. The average Bonchev–Trinajstić information content (AvgIpc) is 3.08. The normalized spacial score (nSPS) is 10.7. The van der Waals surface area contributed by atoms with Crippen molar-refractivity contribution in [3.8, 4) is 22.7 Å². The van der Waals surface area contributed by atoms with Crippen LogP contribution in [0, 0.1) is 0 Å². The predicted octanol–water partition coefficient (Wildman–Crippen LogP) is 2.69. The van der Waals surface area contributed by atoms with E-state index in [1.54, 1.807) is 6.20 Å². The Kier molecular flexibility index (Phi) is 2.64. The highest BCUT2D eigenvalue weighted by molar-refractivity contribution is 5.76. The van der Waals surface area contributed by atoms with Crippen molar-refractivity contribution in [3.63, 3.8) is 0 Å². The molecule has 5 nitrogen and oxygen atoms in total. The molecule has 0 radical (unpaired) electrons. The lowest BCUT2D eigenvalue weighted by Crippen LogP contribution is -1.85. The molecule has 0 amide bonds. The Morgan fingerprint density at radius 3 is 2.78 bits per heavy atom. The van der Waals surface area contributed by atoms with E-state index in [0.29, 0.717) is 11.7 Å². The van der Waals surface area contributed by atoms with Gasteiger partial charge in [-0.25, -0.2) is 0 Å². The molecule has 2 heterocycles. The Hall–Kier alpha value is -2.43. The van der Waals surface area contributed by atoms with Gasteiger partial charge in [0.1, 0.15) is 5.69 Å². The van der Waals surface area contributed by atoms with Crippen LogP contribution in [0.2, 0.25) is 0 Å². The van der Waals surface area contributed by atoms with E-state index in [1.165, 1.54) is 0 Å². The molecule has 0 aliphatic rings. The van der Waals surface area contributed by atoms with Crippen molar-refractivity contribution < 1.29 is 4.52 Å². The fourth-order valence-corrected chi connectivity index (χ4v) is 1.78. The van der Waals surface area contributed by atoms with Crippen molar-refractivity contribution >= 4 is 0 Å². The van der Waals surface area contributed by atoms with Gasteiger partial charge in [-0.2, -0.15) is 10.1 Å². The van der Waals surface area contributed by atoms with Gasteiger partial charge >= 0.3 is 0 Å². The third-order valence-electron chi connectivity index (χ3n) is 2.72. The van der Waals surface area contributed by atoms with Crippen molar-refractivity contribution in [2.45, 2.75) is 13.3 Å². The van der Waals surface area contributed by atoms with E-state index < -0.39 is 0 Å². The van der Waals surface area contributed by atoms with Crippen molar-refractivity contribution in [1.29, 1.82) is 0 Å². The highest BCUT2D eigenvalue weighted by atomic mass is 16.5. The molecule has 0 saturated carbocycles. The summed E-state index contributed by atoms with van der Waals surface area (Å²) in [4.78, 5) is 4.31. The standard InChI is InChI=1S/C13H12N4O/c1-2-11-15-13(18-17-11)12-10(8-14-16-12)9-6-4-3-5-7-9/h3-8H,2H2,1H3,(H,14,16). The van der Waals surface area contributed by atoms with Gasteiger partial charge in [-0.1, -0.05) is 42.4 Å². The lowest BCUT2D eigenvalue weighted by atomic mass is 10.1. The number of H-pyrrole nitrogens is 1. The quantitative estimate of drug-likeness (QED) is 0.764. The molecule has 5 heteroatoms. The van der Waals surface area contributed by atoms with Gasteiger partial charge in [-0.15, -0.1) is 0 Å². The number of nitrogens with zero attached hydrogens (tertiary/aromatic N) is 3. The Morgan fingerprint density at radius 1 is 1.22 bits per heavy atom. The van der Waals surface area contributed by atoms with Gasteiger partial charge in [0.15, 0.2) is 5.82 Å². The molecule has 3 aromatic rings. The molecule has 1 N–H and O–H groups in total. The molecular weight excluding hydrogens is 228 g/mol. The summed E-state index contributed by atoms with van der Waals surface area (Å²) in [5.41, 5.74) is 2.79. The molecular formula is C13H12N4O. The van der Waals surface area contributed by atoms with Crippen molar-refractivity contribution in [3.05, 3.63) is 42.4 Å². The van der Waals surface area contributed by atoms with E-state index in [1.807, 2.05) is 37.3 Å². The minimum Gasteiger partial charge on any atom is -0.332 e. The molecule has 1 aromatic carbocycles. The van der Waals surface area contributed by atoms with E-state index >= 15 is 0 Å². The highest BCUT2D eigenvalue weighted by Gasteiger charge is 2.15. The van der Waals surface area contributed by atoms with Crippen LogP contribution in [0.1, 0.15) is 12.7 Å². The first-order chi connectivity index (χ1) is 8.88. The molecule has 0 aliphatic heterocycles. The fraction of sp³-hybridized carbons (Fsp3) is 0.154. The summed E-state index contributed by atoms with van der Waals surface area (Å²) < 4.78 is 5.23. The SMILES string of the molecule is CCc1noc(-c2[nH]ncc2-c2ccccc2)n1. The monoisotopic (exact) mass is 240 g/mol. The number of hydrogen-bond acceptors (Lipinski definition) is 4. The fourth-order valence-electron chi connectivity index (χ4n) is 1.78. The minimum atomic E-state index is 0.475. The van der Waals surface area contributed by atoms with Crippen molar-refractivity contribution in [2.24, 2.45) is 0 Å². The number of benzene rings is 1. The Bertz CT molecular complexity index is 642. The van der Waals surface area contributed by atoms with Crippen LogP contribution in [-0.2, 0) is 6.42 Å². The lowest BCUT2D eigenvalue weighted by molar-refractivity contribution is 0.422. The van der Waals surface area contributed by atoms with Gasteiger partial charge in [0, 0.05) is 12.0 Å². The molecule has 0 bridgehead atoms. The largest absolute Gasteiger partial charge is 0.332 e. The predicted molar refractivity (Wildman–Crippen MR) is 66.7 cm³/mol. The second-order valence-corrected chi connectivity index (χ2v) is 3.89. The molecule has 0 spiro atoms. The third kappa shape index (κ3) is 1.79. The number of hydrogen-bond donors (Lipinski definition) is 1. The molecule has 0 fully saturated rings. The topological polar surface area (TPSA) is 67.6 Å². The number of nitrogens with one attached hydrogen (secondary N) is 1. The second-order valence-electron chi connectivity index (χ2n) is 3.89. The summed E-state index contributed by atoms with van der Waals surface area (Å²) in [6.07, 6.45) is 2.51. The molecule has 0 aliphatic carbocycles. The summed E-state index contributed by atoms with van der Waals surface area (Å²) in [5, 5.41) is 10.9. The van der Waals surface area contributed by atoms with Crippen LogP contribution in [0.15, 0.2) is 41.1 Å². The molecule has 90 valence electrons. The Labute approximate surface area is 104 Å². The summed E-state index contributed by atoms with van der Waals surface area (Å²) in [6.45, 7) is 1.99. The average molecular weight is 240 g/mol. The van der Waals surface area contributed by atoms with Crippen LogP contribution in [0.3, 0.4) is 0 Å². The summed E-state index contributed by atoms with van der Waals surface area (Å²) in [6, 6.07) is 9.98. The van der Waals surface area contributed by atoms with E-state index in [9.17, 15) is 0 Å². The summed E-state index contributed by atoms with van der Waals surface area (Å²) >= 11 is 0. The zero-order valence-corrected chi connectivity index (χ0v) is 9.92. The summed E-state index contributed by atoms with van der Waals surface area (Å²) in [7, 11) is 0. The van der Waals surface area contributed by atoms with Crippen molar-refractivity contribution in [1.82, 2.24) is 20.3 Å². The maximum Gasteiger partial charge on any atom is 0.276 e. The van der Waals surface area contributed by atoms with Gasteiger partial charge in [-0.3, -0.25) is 5.10 Å². The van der Waals surface area contributed by atoms with Gasteiger partial charge in [-0.05, 0) is 5.56 Å². The van der Waals surface area contributed by atoms with E-state index in [4.69, 9.17) is 4.52 Å². The second kappa shape index (κ2) is 4.44. The molecule has 0 unspecified atom stereocenters. The van der Waals surface area contributed by atoms with Gasteiger partial charge in [0.05, 0.1) is 6.20 Å². The van der Waals surface area contributed by atoms with Gasteiger partial charge in [0.2, 0.25) is 0 Å². The highest BCUT2D eigenvalue weighted by Crippen LogP contribution is 2.28.